The van der Waals surface area contributed by atoms with Crippen molar-refractivity contribution >= 4 is 0 Å². The summed E-state index contributed by atoms with van der Waals surface area (Å²) < 4.78 is 17.9. The molecule has 0 aliphatic rings. The van der Waals surface area contributed by atoms with Crippen LogP contribution in [-0.2, 0) is 0 Å². The minimum absolute atomic E-state index is 0.237. The van der Waals surface area contributed by atoms with E-state index in [-0.39, 0.29) is 11.9 Å². The third-order valence-electron chi connectivity index (χ3n) is 2.05. The Labute approximate surface area is 86.7 Å². The third-order valence-corrected chi connectivity index (χ3v) is 2.05. The summed E-state index contributed by atoms with van der Waals surface area (Å²) >= 11 is 0. The van der Waals surface area contributed by atoms with E-state index in [2.05, 4.69) is 4.98 Å². The predicted octanol–water partition coefficient (Wildman–Crippen LogP) is 2.50. The van der Waals surface area contributed by atoms with Gasteiger partial charge in [-0.3, -0.25) is 0 Å². The van der Waals surface area contributed by atoms with Crippen molar-refractivity contribution in [3.63, 3.8) is 0 Å². The second-order valence-corrected chi connectivity index (χ2v) is 3.37. The molecule has 0 saturated carbocycles. The molecule has 78 valence electrons. The van der Waals surface area contributed by atoms with Crippen molar-refractivity contribution in [1.82, 2.24) is 4.98 Å². The minimum atomic E-state index is -0.269. The van der Waals surface area contributed by atoms with Gasteiger partial charge in [0, 0.05) is 5.56 Å². The Morgan fingerprint density at radius 1 is 1.33 bits per heavy atom. The number of hydrogen-bond donors (Lipinski definition) is 1. The van der Waals surface area contributed by atoms with E-state index >= 15 is 0 Å². The average Bonchev–Trinajstić information content (AvgIpc) is 2.68. The quantitative estimate of drug-likeness (QED) is 0.821. The zero-order chi connectivity index (χ0) is 10.8. The molecule has 1 atom stereocenters. The van der Waals surface area contributed by atoms with Gasteiger partial charge in [-0.25, -0.2) is 9.37 Å². The number of aromatic nitrogens is 1. The second kappa shape index (κ2) is 3.82. The van der Waals surface area contributed by atoms with Crippen molar-refractivity contribution in [2.45, 2.75) is 13.0 Å². The van der Waals surface area contributed by atoms with Gasteiger partial charge in [-0.15, -0.1) is 0 Å². The molecule has 2 rings (SSSR count). The van der Waals surface area contributed by atoms with Gasteiger partial charge in [0.15, 0.2) is 0 Å². The highest BCUT2D eigenvalue weighted by Gasteiger charge is 2.09. The van der Waals surface area contributed by atoms with Crippen molar-refractivity contribution in [3.05, 3.63) is 42.2 Å². The molecule has 2 aromatic rings. The third kappa shape index (κ3) is 2.05. The zero-order valence-corrected chi connectivity index (χ0v) is 8.27. The van der Waals surface area contributed by atoms with Crippen LogP contribution in [0, 0.1) is 5.82 Å². The molecule has 1 aromatic carbocycles. The van der Waals surface area contributed by atoms with E-state index in [9.17, 15) is 4.39 Å². The lowest BCUT2D eigenvalue weighted by Crippen LogP contribution is -2.04. The van der Waals surface area contributed by atoms with Gasteiger partial charge in [-0.2, -0.15) is 0 Å². The van der Waals surface area contributed by atoms with Crippen LogP contribution >= 0.6 is 0 Å². The molecular weight excluding hydrogens is 195 g/mol. The average molecular weight is 206 g/mol. The molecule has 0 bridgehead atoms. The predicted molar refractivity (Wildman–Crippen MR) is 54.5 cm³/mol. The Bertz CT molecular complexity index is 448. The monoisotopic (exact) mass is 206 g/mol. The molecule has 2 N–H and O–H groups in total. The van der Waals surface area contributed by atoms with E-state index in [1.807, 2.05) is 0 Å². The van der Waals surface area contributed by atoms with Crippen LogP contribution in [-0.4, -0.2) is 4.98 Å². The van der Waals surface area contributed by atoms with Crippen LogP contribution in [0.25, 0.3) is 11.3 Å². The Balaban J connectivity index is 2.33. The van der Waals surface area contributed by atoms with Crippen LogP contribution < -0.4 is 5.73 Å². The molecule has 0 saturated heterocycles. The van der Waals surface area contributed by atoms with Gasteiger partial charge in [0.05, 0.1) is 6.04 Å². The standard InChI is InChI=1S/C11H11FN2O/c1-7(13)11-14-10(6-15-11)8-2-4-9(12)5-3-8/h2-7H,13H2,1H3. The first kappa shape index (κ1) is 9.86. The maximum atomic E-state index is 12.7. The van der Waals surface area contributed by atoms with E-state index in [1.54, 1.807) is 19.1 Å². The summed E-state index contributed by atoms with van der Waals surface area (Å²) in [4.78, 5) is 4.20. The molecule has 0 fully saturated rings. The first-order chi connectivity index (χ1) is 7.16. The summed E-state index contributed by atoms with van der Waals surface area (Å²) in [7, 11) is 0. The summed E-state index contributed by atoms with van der Waals surface area (Å²) in [6, 6.07) is 5.83. The lowest BCUT2D eigenvalue weighted by atomic mass is 10.2. The van der Waals surface area contributed by atoms with Gasteiger partial charge in [-0.1, -0.05) is 0 Å². The highest BCUT2D eigenvalue weighted by molar-refractivity contribution is 5.57. The smallest absolute Gasteiger partial charge is 0.211 e. The lowest BCUT2D eigenvalue weighted by Gasteiger charge is -1.96. The topological polar surface area (TPSA) is 52.0 Å². The van der Waals surface area contributed by atoms with Crippen LogP contribution in [0.4, 0.5) is 4.39 Å². The number of benzene rings is 1. The Morgan fingerprint density at radius 3 is 2.53 bits per heavy atom. The Kier molecular flexibility index (Phi) is 2.51. The van der Waals surface area contributed by atoms with Gasteiger partial charge in [0.25, 0.3) is 0 Å². The van der Waals surface area contributed by atoms with Crippen LogP contribution in [0.15, 0.2) is 34.9 Å². The number of rotatable bonds is 2. The molecule has 1 unspecified atom stereocenters. The van der Waals surface area contributed by atoms with E-state index in [0.717, 1.165) is 5.56 Å². The summed E-state index contributed by atoms with van der Waals surface area (Å²) in [5.41, 5.74) is 7.09. The molecule has 0 amide bonds. The maximum absolute atomic E-state index is 12.7. The zero-order valence-electron chi connectivity index (χ0n) is 8.27. The SMILES string of the molecule is CC(N)c1nc(-c2ccc(F)cc2)co1. The number of hydrogen-bond acceptors (Lipinski definition) is 3. The summed E-state index contributed by atoms with van der Waals surface area (Å²) in [6.45, 7) is 1.79. The van der Waals surface area contributed by atoms with Gasteiger partial charge < -0.3 is 10.2 Å². The summed E-state index contributed by atoms with van der Waals surface area (Å²) in [6.07, 6.45) is 1.52. The number of halogens is 1. The van der Waals surface area contributed by atoms with Crippen LogP contribution in [0.3, 0.4) is 0 Å². The van der Waals surface area contributed by atoms with Gasteiger partial charge in [0.2, 0.25) is 5.89 Å². The van der Waals surface area contributed by atoms with Gasteiger partial charge in [-0.05, 0) is 31.2 Å². The van der Waals surface area contributed by atoms with E-state index in [4.69, 9.17) is 10.2 Å². The Morgan fingerprint density at radius 2 is 2.00 bits per heavy atom. The molecule has 15 heavy (non-hydrogen) atoms. The van der Waals surface area contributed by atoms with Crippen molar-refractivity contribution in [1.29, 1.82) is 0 Å². The molecule has 0 aliphatic heterocycles. The minimum Gasteiger partial charge on any atom is -0.447 e. The summed E-state index contributed by atoms with van der Waals surface area (Å²) in [5.74, 6) is 0.212. The van der Waals surface area contributed by atoms with Crippen molar-refractivity contribution < 1.29 is 8.81 Å². The molecule has 0 radical (unpaired) electrons. The van der Waals surface area contributed by atoms with E-state index in [0.29, 0.717) is 11.6 Å². The largest absolute Gasteiger partial charge is 0.447 e. The maximum Gasteiger partial charge on any atom is 0.211 e. The summed E-state index contributed by atoms with van der Waals surface area (Å²) in [5, 5.41) is 0. The molecule has 1 heterocycles. The molecular formula is C11H11FN2O. The molecule has 1 aromatic heterocycles. The molecule has 0 spiro atoms. The van der Waals surface area contributed by atoms with E-state index in [1.165, 1.54) is 18.4 Å². The second-order valence-electron chi connectivity index (χ2n) is 3.37. The van der Waals surface area contributed by atoms with Crippen molar-refractivity contribution in [2.75, 3.05) is 0 Å². The highest BCUT2D eigenvalue weighted by Crippen LogP contribution is 2.20. The highest BCUT2D eigenvalue weighted by atomic mass is 19.1. The molecule has 3 nitrogen and oxygen atoms in total. The van der Waals surface area contributed by atoms with Gasteiger partial charge in [0.1, 0.15) is 17.8 Å². The van der Waals surface area contributed by atoms with Crippen molar-refractivity contribution in [3.8, 4) is 11.3 Å². The molecule has 0 aliphatic carbocycles. The molecule has 4 heteroatoms. The first-order valence-corrected chi connectivity index (χ1v) is 4.64. The lowest BCUT2D eigenvalue weighted by molar-refractivity contribution is 0.464. The fourth-order valence-electron chi connectivity index (χ4n) is 1.25. The fourth-order valence-corrected chi connectivity index (χ4v) is 1.25. The van der Waals surface area contributed by atoms with Crippen LogP contribution in [0.2, 0.25) is 0 Å². The normalized spacial score (nSPS) is 12.7. The fraction of sp³-hybridized carbons (Fsp3) is 0.182. The Hall–Kier alpha value is -1.68. The van der Waals surface area contributed by atoms with E-state index < -0.39 is 0 Å². The van der Waals surface area contributed by atoms with Crippen LogP contribution in [0.5, 0.6) is 0 Å². The number of oxazole rings is 1. The van der Waals surface area contributed by atoms with Crippen molar-refractivity contribution in [2.24, 2.45) is 5.73 Å². The van der Waals surface area contributed by atoms with Gasteiger partial charge >= 0.3 is 0 Å². The van der Waals surface area contributed by atoms with Crippen LogP contribution in [0.1, 0.15) is 18.9 Å². The first-order valence-electron chi connectivity index (χ1n) is 4.64. The number of nitrogens with zero attached hydrogens (tertiary/aromatic N) is 1. The number of nitrogens with two attached hydrogens (primary N) is 1.